The van der Waals surface area contributed by atoms with Crippen molar-refractivity contribution in [3.05, 3.63) is 24.3 Å². The lowest BCUT2D eigenvalue weighted by Gasteiger charge is -2.26. The van der Waals surface area contributed by atoms with Crippen LogP contribution in [-0.4, -0.2) is 30.4 Å². The number of nitrogens with zero attached hydrogens (tertiary/aromatic N) is 2. The van der Waals surface area contributed by atoms with Crippen molar-refractivity contribution in [2.45, 2.75) is 6.92 Å². The summed E-state index contributed by atoms with van der Waals surface area (Å²) < 4.78 is 5.06. The molecule has 0 atom stereocenters. The van der Waals surface area contributed by atoms with E-state index in [-0.39, 0.29) is 6.03 Å². The first-order valence-corrected chi connectivity index (χ1v) is 5.20. The number of hydrazine groups is 1. The molecule has 6 heteroatoms. The van der Waals surface area contributed by atoms with Crippen LogP contribution in [0, 0.1) is 0 Å². The average Bonchev–Trinajstić information content (AvgIpc) is 2.35. The van der Waals surface area contributed by atoms with E-state index in [4.69, 9.17) is 4.74 Å². The third-order valence-corrected chi connectivity index (χ3v) is 2.33. The average molecular weight is 234 g/mol. The lowest BCUT2D eigenvalue weighted by atomic mass is 10.3. The van der Waals surface area contributed by atoms with Crippen LogP contribution in [0.4, 0.5) is 10.5 Å². The van der Waals surface area contributed by atoms with Gasteiger partial charge in [0.1, 0.15) is 5.75 Å². The van der Waals surface area contributed by atoms with Crippen molar-refractivity contribution < 1.29 is 9.53 Å². The van der Waals surface area contributed by atoms with E-state index in [0.717, 1.165) is 17.1 Å². The summed E-state index contributed by atoms with van der Waals surface area (Å²) >= 11 is 0. The number of ether oxygens (including phenoxy) is 1. The Balaban J connectivity index is 2.04. The molecule has 2 N–H and O–H groups in total. The van der Waals surface area contributed by atoms with Crippen molar-refractivity contribution in [1.82, 2.24) is 10.4 Å². The molecule has 2 rings (SSSR count). The molecule has 6 nitrogen and oxygen atoms in total. The van der Waals surface area contributed by atoms with E-state index in [1.54, 1.807) is 7.11 Å². The topological polar surface area (TPSA) is 66.0 Å². The van der Waals surface area contributed by atoms with E-state index in [0.29, 0.717) is 6.54 Å². The molecule has 90 valence electrons. The number of hydrazone groups is 1. The predicted molar refractivity (Wildman–Crippen MR) is 65.0 cm³/mol. The third-order valence-electron chi connectivity index (χ3n) is 2.33. The lowest BCUT2D eigenvalue weighted by Crippen LogP contribution is -2.48. The standard InChI is InChI=1S/C11H14N4O2/c1-8-7-15(11(16)13-12-8)14-9-3-5-10(17-2)6-4-9/h3-6,14H,7H2,1-2H3,(H,13,16). The van der Waals surface area contributed by atoms with Gasteiger partial charge in [0.2, 0.25) is 0 Å². The first-order valence-electron chi connectivity index (χ1n) is 5.20. The van der Waals surface area contributed by atoms with Gasteiger partial charge < -0.3 is 4.74 Å². The maximum absolute atomic E-state index is 11.5. The summed E-state index contributed by atoms with van der Waals surface area (Å²) in [4.78, 5) is 11.5. The summed E-state index contributed by atoms with van der Waals surface area (Å²) in [5.41, 5.74) is 7.06. The Hall–Kier alpha value is -2.24. The highest BCUT2D eigenvalue weighted by Crippen LogP contribution is 2.15. The Labute approximate surface area is 99.2 Å². The molecule has 0 aromatic heterocycles. The van der Waals surface area contributed by atoms with Gasteiger partial charge in [0, 0.05) is 0 Å². The molecule has 1 heterocycles. The number of rotatable bonds is 3. The molecule has 0 spiro atoms. The summed E-state index contributed by atoms with van der Waals surface area (Å²) in [6.45, 7) is 2.31. The molecule has 0 unspecified atom stereocenters. The van der Waals surface area contributed by atoms with Gasteiger partial charge in [-0.25, -0.2) is 15.2 Å². The van der Waals surface area contributed by atoms with E-state index in [1.165, 1.54) is 5.01 Å². The fraction of sp³-hybridized carbons (Fsp3) is 0.273. The molecule has 0 radical (unpaired) electrons. The van der Waals surface area contributed by atoms with Gasteiger partial charge in [0.05, 0.1) is 25.1 Å². The molecular weight excluding hydrogens is 220 g/mol. The van der Waals surface area contributed by atoms with E-state index in [1.807, 2.05) is 31.2 Å². The molecule has 0 aliphatic carbocycles. The zero-order chi connectivity index (χ0) is 12.3. The van der Waals surface area contributed by atoms with E-state index in [2.05, 4.69) is 16.0 Å². The number of benzene rings is 1. The Morgan fingerprint density at radius 2 is 2.12 bits per heavy atom. The Bertz CT molecular complexity index is 441. The fourth-order valence-corrected chi connectivity index (χ4v) is 1.45. The number of urea groups is 1. The lowest BCUT2D eigenvalue weighted by molar-refractivity contribution is 0.211. The summed E-state index contributed by atoms with van der Waals surface area (Å²) in [5, 5.41) is 5.31. The second kappa shape index (κ2) is 4.73. The molecule has 1 aromatic carbocycles. The Morgan fingerprint density at radius 3 is 2.76 bits per heavy atom. The van der Waals surface area contributed by atoms with Gasteiger partial charge in [-0.05, 0) is 31.2 Å². The summed E-state index contributed by atoms with van der Waals surface area (Å²) in [5.74, 6) is 0.774. The minimum atomic E-state index is -0.272. The van der Waals surface area contributed by atoms with Gasteiger partial charge in [-0.2, -0.15) is 5.10 Å². The third kappa shape index (κ3) is 2.66. The zero-order valence-electron chi connectivity index (χ0n) is 9.73. The van der Waals surface area contributed by atoms with Crippen LogP contribution < -0.4 is 15.6 Å². The monoisotopic (exact) mass is 234 g/mol. The van der Waals surface area contributed by atoms with Crippen molar-refractivity contribution >= 4 is 17.4 Å². The minimum Gasteiger partial charge on any atom is -0.497 e. The fourth-order valence-electron chi connectivity index (χ4n) is 1.45. The number of anilines is 1. The van der Waals surface area contributed by atoms with Crippen LogP contribution in [0.1, 0.15) is 6.92 Å². The van der Waals surface area contributed by atoms with Crippen LogP contribution in [0.3, 0.4) is 0 Å². The maximum Gasteiger partial charge on any atom is 0.356 e. The molecule has 0 bridgehead atoms. The van der Waals surface area contributed by atoms with Gasteiger partial charge in [-0.15, -0.1) is 0 Å². The Kier molecular flexibility index (Phi) is 3.13. The molecular formula is C11H14N4O2. The van der Waals surface area contributed by atoms with Gasteiger partial charge in [0.15, 0.2) is 0 Å². The number of hydrogen-bond donors (Lipinski definition) is 2. The van der Waals surface area contributed by atoms with Crippen LogP contribution in [0.25, 0.3) is 0 Å². The first kappa shape index (κ1) is 11.3. The molecule has 0 fully saturated rings. The van der Waals surface area contributed by atoms with Gasteiger partial charge in [0.25, 0.3) is 0 Å². The first-order chi connectivity index (χ1) is 8.19. The van der Waals surface area contributed by atoms with Crippen LogP contribution in [0.2, 0.25) is 0 Å². The summed E-state index contributed by atoms with van der Waals surface area (Å²) in [6, 6.07) is 7.06. The van der Waals surface area contributed by atoms with E-state index in [9.17, 15) is 4.79 Å². The molecule has 0 saturated heterocycles. The summed E-state index contributed by atoms with van der Waals surface area (Å²) in [6.07, 6.45) is 0. The number of amides is 2. The molecule has 1 aliphatic rings. The minimum absolute atomic E-state index is 0.272. The molecule has 0 saturated carbocycles. The van der Waals surface area contributed by atoms with Crippen LogP contribution in [0.15, 0.2) is 29.4 Å². The molecule has 17 heavy (non-hydrogen) atoms. The smallest absolute Gasteiger partial charge is 0.356 e. The van der Waals surface area contributed by atoms with E-state index < -0.39 is 0 Å². The van der Waals surface area contributed by atoms with Crippen molar-refractivity contribution in [2.24, 2.45) is 5.10 Å². The highest BCUT2D eigenvalue weighted by molar-refractivity contribution is 5.92. The van der Waals surface area contributed by atoms with E-state index >= 15 is 0 Å². The largest absolute Gasteiger partial charge is 0.497 e. The second-order valence-corrected chi connectivity index (χ2v) is 3.69. The van der Waals surface area contributed by atoms with Crippen molar-refractivity contribution in [3.8, 4) is 5.75 Å². The van der Waals surface area contributed by atoms with Crippen molar-refractivity contribution in [1.29, 1.82) is 0 Å². The second-order valence-electron chi connectivity index (χ2n) is 3.69. The molecule has 1 aromatic rings. The zero-order valence-corrected chi connectivity index (χ0v) is 9.73. The number of nitrogens with one attached hydrogen (secondary N) is 2. The van der Waals surface area contributed by atoms with Gasteiger partial charge >= 0.3 is 6.03 Å². The SMILES string of the molecule is COc1ccc(NN2CC(C)=NNC2=O)cc1. The highest BCUT2D eigenvalue weighted by atomic mass is 16.5. The number of carbonyl (C=O) groups is 1. The number of carbonyl (C=O) groups excluding carboxylic acids is 1. The normalized spacial score (nSPS) is 15.1. The van der Waals surface area contributed by atoms with Crippen molar-refractivity contribution in [2.75, 3.05) is 19.1 Å². The maximum atomic E-state index is 11.5. The summed E-state index contributed by atoms with van der Waals surface area (Å²) in [7, 11) is 1.61. The van der Waals surface area contributed by atoms with Crippen LogP contribution in [-0.2, 0) is 0 Å². The van der Waals surface area contributed by atoms with Crippen LogP contribution >= 0.6 is 0 Å². The van der Waals surface area contributed by atoms with Crippen LogP contribution in [0.5, 0.6) is 5.75 Å². The van der Waals surface area contributed by atoms with Gasteiger partial charge in [-0.1, -0.05) is 0 Å². The number of methoxy groups -OCH3 is 1. The predicted octanol–water partition coefficient (Wildman–Crippen LogP) is 1.42. The highest BCUT2D eigenvalue weighted by Gasteiger charge is 2.18. The Morgan fingerprint density at radius 1 is 1.41 bits per heavy atom. The molecule has 2 amide bonds. The quantitative estimate of drug-likeness (QED) is 0.831. The van der Waals surface area contributed by atoms with Gasteiger partial charge in [-0.3, -0.25) is 5.43 Å². The molecule has 1 aliphatic heterocycles. The van der Waals surface area contributed by atoms with Crippen molar-refractivity contribution in [3.63, 3.8) is 0 Å². The number of hydrogen-bond acceptors (Lipinski definition) is 4.